The third-order valence-corrected chi connectivity index (χ3v) is 2.94. The van der Waals surface area contributed by atoms with Gasteiger partial charge in [-0.15, -0.1) is 0 Å². The van der Waals surface area contributed by atoms with Crippen molar-refractivity contribution in [3.63, 3.8) is 0 Å². The number of carbonyl (C=O) groups is 2. The van der Waals surface area contributed by atoms with Crippen LogP contribution >= 0.6 is 11.8 Å². The lowest BCUT2D eigenvalue weighted by atomic mass is 10.2. The van der Waals surface area contributed by atoms with Gasteiger partial charge in [0, 0.05) is 6.54 Å². The highest BCUT2D eigenvalue weighted by atomic mass is 32.2. The molecule has 1 atom stereocenters. The summed E-state index contributed by atoms with van der Waals surface area (Å²) in [6.45, 7) is 0.502. The van der Waals surface area contributed by atoms with E-state index in [0.29, 0.717) is 6.54 Å². The molecule has 0 aromatic heterocycles. The van der Waals surface area contributed by atoms with Gasteiger partial charge in [0.25, 0.3) is 0 Å². The number of rotatable bonds is 1. The van der Waals surface area contributed by atoms with Crippen molar-refractivity contribution in [1.82, 2.24) is 4.90 Å². The molecule has 1 N–H and O–H groups in total. The monoisotopic (exact) mass is 197 g/mol. The summed E-state index contributed by atoms with van der Waals surface area (Å²) >= 11 is 1.00. The molecule has 2 aliphatic rings. The number of carboxylic acids is 1. The van der Waals surface area contributed by atoms with E-state index in [9.17, 15) is 9.59 Å². The summed E-state index contributed by atoms with van der Waals surface area (Å²) in [6.07, 6.45) is 5.42. The fourth-order valence-electron chi connectivity index (χ4n) is 1.36. The molecule has 0 aromatic rings. The van der Waals surface area contributed by atoms with Crippen molar-refractivity contribution in [3.8, 4) is 0 Å². The number of carboxylic acid groups (broad SMARTS) is 1. The van der Waals surface area contributed by atoms with Crippen molar-refractivity contribution in [1.29, 1.82) is 0 Å². The van der Waals surface area contributed by atoms with E-state index in [1.54, 1.807) is 11.0 Å². The molecule has 0 aliphatic carbocycles. The molecule has 2 aliphatic heterocycles. The number of nitrogens with zero attached hydrogens (tertiary/aromatic N) is 1. The first kappa shape index (κ1) is 8.37. The maximum Gasteiger partial charge on any atom is 0.335 e. The Hall–Kier alpha value is -1.23. The van der Waals surface area contributed by atoms with Gasteiger partial charge in [0.15, 0.2) is 6.04 Å². The molecule has 0 saturated carbocycles. The van der Waals surface area contributed by atoms with Crippen molar-refractivity contribution >= 4 is 22.8 Å². The van der Waals surface area contributed by atoms with E-state index in [1.807, 2.05) is 12.2 Å². The van der Waals surface area contributed by atoms with Crippen LogP contribution in [0.4, 0.5) is 0 Å². The van der Waals surface area contributed by atoms with Gasteiger partial charge in [0.1, 0.15) is 0 Å². The summed E-state index contributed by atoms with van der Waals surface area (Å²) in [6, 6.07) is -0.999. The van der Waals surface area contributed by atoms with E-state index >= 15 is 0 Å². The van der Waals surface area contributed by atoms with Gasteiger partial charge < -0.3 is 10.0 Å². The Bertz CT molecular complexity index is 334. The van der Waals surface area contributed by atoms with Gasteiger partial charge in [0.2, 0.25) is 5.12 Å². The molecule has 1 unspecified atom stereocenters. The first-order valence-corrected chi connectivity index (χ1v) is 4.60. The van der Waals surface area contributed by atoms with Crippen LogP contribution in [0.1, 0.15) is 0 Å². The zero-order valence-electron chi connectivity index (χ0n) is 6.64. The van der Waals surface area contributed by atoms with Gasteiger partial charge in [-0.25, -0.2) is 4.79 Å². The minimum Gasteiger partial charge on any atom is -0.479 e. The predicted molar refractivity (Wildman–Crippen MR) is 48.0 cm³/mol. The summed E-state index contributed by atoms with van der Waals surface area (Å²) in [4.78, 5) is 23.6. The molecule has 0 amide bonds. The van der Waals surface area contributed by atoms with Gasteiger partial charge in [0.05, 0.1) is 5.03 Å². The first-order chi connectivity index (χ1) is 6.20. The number of hydrogen-bond acceptors (Lipinski definition) is 4. The lowest BCUT2D eigenvalue weighted by Crippen LogP contribution is -2.39. The summed E-state index contributed by atoms with van der Waals surface area (Å²) in [5.74, 6) is -1.07. The molecule has 13 heavy (non-hydrogen) atoms. The molecule has 0 radical (unpaired) electrons. The maximum absolute atomic E-state index is 11.3. The van der Waals surface area contributed by atoms with E-state index in [4.69, 9.17) is 5.11 Å². The van der Waals surface area contributed by atoms with Gasteiger partial charge in [-0.2, -0.15) is 0 Å². The summed E-state index contributed by atoms with van der Waals surface area (Å²) in [5.41, 5.74) is 0. The van der Waals surface area contributed by atoms with E-state index in [-0.39, 0.29) is 5.12 Å². The van der Waals surface area contributed by atoms with Crippen molar-refractivity contribution in [2.75, 3.05) is 6.54 Å². The van der Waals surface area contributed by atoms with Gasteiger partial charge in [-0.3, -0.25) is 4.79 Å². The molecule has 2 heterocycles. The van der Waals surface area contributed by atoms with Crippen LogP contribution < -0.4 is 0 Å². The molecule has 1 fully saturated rings. The zero-order valence-corrected chi connectivity index (χ0v) is 7.45. The molecule has 5 heteroatoms. The molecule has 4 nitrogen and oxygen atoms in total. The minimum absolute atomic E-state index is 0.303. The molecule has 1 saturated heterocycles. The van der Waals surface area contributed by atoms with Crippen LogP contribution in [0.2, 0.25) is 0 Å². The Morgan fingerprint density at radius 1 is 1.69 bits per heavy atom. The van der Waals surface area contributed by atoms with Crippen molar-refractivity contribution < 1.29 is 14.7 Å². The molecule has 0 spiro atoms. The highest BCUT2D eigenvalue weighted by Gasteiger charge is 2.41. The number of fused-ring (bicyclic) bond motifs is 1. The highest BCUT2D eigenvalue weighted by molar-refractivity contribution is 8.17. The minimum atomic E-state index is -1.07. The quantitative estimate of drug-likeness (QED) is 0.617. The number of hydrogen-bond donors (Lipinski definition) is 1. The molecule has 68 valence electrons. The van der Waals surface area contributed by atoms with Crippen LogP contribution in [0.5, 0.6) is 0 Å². The van der Waals surface area contributed by atoms with E-state index in [0.717, 1.165) is 16.8 Å². The number of aliphatic carboxylic acids is 1. The van der Waals surface area contributed by atoms with Gasteiger partial charge in [-0.1, -0.05) is 12.2 Å². The van der Waals surface area contributed by atoms with Crippen LogP contribution in [0.25, 0.3) is 0 Å². The number of thioether (sulfide) groups is 1. The second-order valence-corrected chi connectivity index (χ2v) is 3.77. The molecular weight excluding hydrogens is 190 g/mol. The third kappa shape index (κ3) is 1.25. The Morgan fingerprint density at radius 3 is 3.15 bits per heavy atom. The average molecular weight is 197 g/mol. The molecule has 2 rings (SSSR count). The van der Waals surface area contributed by atoms with E-state index < -0.39 is 12.0 Å². The van der Waals surface area contributed by atoms with Crippen molar-refractivity contribution in [3.05, 3.63) is 23.3 Å². The van der Waals surface area contributed by atoms with Crippen molar-refractivity contribution in [2.24, 2.45) is 0 Å². The fraction of sp³-hybridized carbons (Fsp3) is 0.250. The normalized spacial score (nSPS) is 25.8. The second-order valence-electron chi connectivity index (χ2n) is 2.75. The topological polar surface area (TPSA) is 57.6 Å². The average Bonchev–Trinajstić information content (AvgIpc) is 2.39. The van der Waals surface area contributed by atoms with Gasteiger partial charge in [-0.05, 0) is 17.8 Å². The van der Waals surface area contributed by atoms with Crippen molar-refractivity contribution in [2.45, 2.75) is 6.04 Å². The molecule has 0 aromatic carbocycles. The van der Waals surface area contributed by atoms with E-state index in [1.165, 1.54) is 0 Å². The van der Waals surface area contributed by atoms with Crippen LogP contribution in [0, 0.1) is 0 Å². The van der Waals surface area contributed by atoms with Crippen LogP contribution in [0.15, 0.2) is 23.3 Å². The van der Waals surface area contributed by atoms with Crippen LogP contribution in [0.3, 0.4) is 0 Å². The first-order valence-electron chi connectivity index (χ1n) is 3.78. The number of carbonyl (C=O) groups excluding carboxylic acids is 1. The lowest BCUT2D eigenvalue weighted by Gasteiger charge is -2.22. The van der Waals surface area contributed by atoms with E-state index in [2.05, 4.69) is 0 Å². The predicted octanol–water partition coefficient (Wildman–Crippen LogP) is 0.426. The third-order valence-electron chi connectivity index (χ3n) is 1.93. The summed E-state index contributed by atoms with van der Waals surface area (Å²) < 4.78 is 0. The summed E-state index contributed by atoms with van der Waals surface area (Å²) in [5, 5.41) is 9.23. The lowest BCUT2D eigenvalue weighted by molar-refractivity contribution is -0.144. The Morgan fingerprint density at radius 2 is 2.46 bits per heavy atom. The van der Waals surface area contributed by atoms with Crippen LogP contribution in [-0.2, 0) is 9.59 Å². The standard InChI is InChI=1S/C8H7NO3S/c10-7(11)6-8(12)13-5-3-1-2-4-9(5)6/h1-3,6H,4H2,(H,10,11). The molecular formula is C8H7NO3S. The fourth-order valence-corrected chi connectivity index (χ4v) is 2.35. The van der Waals surface area contributed by atoms with Gasteiger partial charge >= 0.3 is 5.97 Å². The Labute approximate surface area is 78.9 Å². The largest absolute Gasteiger partial charge is 0.479 e. The molecule has 0 bridgehead atoms. The zero-order chi connectivity index (χ0) is 9.42. The van der Waals surface area contributed by atoms with Crippen LogP contribution in [-0.4, -0.2) is 33.7 Å². The Kier molecular flexibility index (Phi) is 1.88. The highest BCUT2D eigenvalue weighted by Crippen LogP contribution is 2.35. The Balaban J connectivity index is 2.32. The maximum atomic E-state index is 11.3. The SMILES string of the molecule is O=C(O)C1C(=O)SC2=CC=CCN21. The number of allylic oxidation sites excluding steroid dienone is 2. The smallest absolute Gasteiger partial charge is 0.335 e. The second kappa shape index (κ2) is 2.92. The summed E-state index contributed by atoms with van der Waals surface area (Å²) in [7, 11) is 0.